The van der Waals surface area contributed by atoms with Crippen LogP contribution >= 0.6 is 0 Å². The molecular formula is C9H17FN2. The molecule has 2 nitrogen and oxygen atoms in total. The van der Waals surface area contributed by atoms with E-state index in [9.17, 15) is 4.39 Å². The number of fused-ring (bicyclic) bond motifs is 1. The Morgan fingerprint density at radius 3 is 2.92 bits per heavy atom. The summed E-state index contributed by atoms with van der Waals surface area (Å²) in [7, 11) is 0. The fourth-order valence-electron chi connectivity index (χ4n) is 2.07. The second-order valence-corrected chi connectivity index (χ2v) is 4.22. The molecule has 0 radical (unpaired) electrons. The van der Waals surface area contributed by atoms with Crippen molar-refractivity contribution in [1.82, 2.24) is 10.0 Å². The lowest BCUT2D eigenvalue weighted by Crippen LogP contribution is -2.35. The van der Waals surface area contributed by atoms with Gasteiger partial charge in [-0.25, -0.2) is 9.40 Å². The van der Waals surface area contributed by atoms with Gasteiger partial charge >= 0.3 is 0 Å². The molecule has 0 N–H and O–H groups in total. The van der Waals surface area contributed by atoms with Gasteiger partial charge in [-0.3, -0.25) is 0 Å². The van der Waals surface area contributed by atoms with Gasteiger partial charge in [0.25, 0.3) is 0 Å². The Morgan fingerprint density at radius 1 is 1.42 bits per heavy atom. The second-order valence-electron chi connectivity index (χ2n) is 4.22. The SMILES string of the molecule is CC1CCCCC(C)(F)N2CN12. The molecule has 2 rings (SSSR count). The number of rotatable bonds is 0. The van der Waals surface area contributed by atoms with Gasteiger partial charge in [0.05, 0.1) is 6.67 Å². The molecule has 2 heterocycles. The summed E-state index contributed by atoms with van der Waals surface area (Å²) in [6.07, 6.45) is 4.11. The molecule has 0 amide bonds. The first-order valence-electron chi connectivity index (χ1n) is 4.84. The number of alkyl halides is 1. The summed E-state index contributed by atoms with van der Waals surface area (Å²) < 4.78 is 13.8. The molecule has 2 saturated heterocycles. The van der Waals surface area contributed by atoms with E-state index in [0.717, 1.165) is 13.1 Å². The van der Waals surface area contributed by atoms with Crippen molar-refractivity contribution in [2.24, 2.45) is 0 Å². The fourth-order valence-corrected chi connectivity index (χ4v) is 2.07. The average Bonchev–Trinajstić information content (AvgIpc) is 2.74. The van der Waals surface area contributed by atoms with Gasteiger partial charge in [-0.1, -0.05) is 6.42 Å². The summed E-state index contributed by atoms with van der Waals surface area (Å²) in [5.41, 5.74) is 0. The van der Waals surface area contributed by atoms with E-state index < -0.39 is 5.79 Å². The zero-order valence-corrected chi connectivity index (χ0v) is 7.89. The molecule has 2 aliphatic heterocycles. The second kappa shape index (κ2) is 2.67. The van der Waals surface area contributed by atoms with Crippen molar-refractivity contribution in [2.45, 2.75) is 51.4 Å². The van der Waals surface area contributed by atoms with Crippen LogP contribution in [-0.2, 0) is 0 Å². The van der Waals surface area contributed by atoms with Crippen LogP contribution in [0.15, 0.2) is 0 Å². The Bertz CT molecular complexity index is 181. The van der Waals surface area contributed by atoms with Crippen molar-refractivity contribution >= 4 is 0 Å². The zero-order chi connectivity index (χ0) is 8.77. The third-order valence-corrected chi connectivity index (χ3v) is 3.06. The highest BCUT2D eigenvalue weighted by molar-refractivity contribution is 4.87. The predicted molar refractivity (Wildman–Crippen MR) is 46.0 cm³/mol. The molecule has 2 fully saturated rings. The molecule has 0 aromatic carbocycles. The van der Waals surface area contributed by atoms with Crippen LogP contribution in [0.5, 0.6) is 0 Å². The van der Waals surface area contributed by atoms with Crippen molar-refractivity contribution in [1.29, 1.82) is 0 Å². The first kappa shape index (κ1) is 8.45. The van der Waals surface area contributed by atoms with Gasteiger partial charge in [0.15, 0.2) is 5.79 Å². The van der Waals surface area contributed by atoms with Crippen molar-refractivity contribution in [2.75, 3.05) is 6.67 Å². The highest BCUT2D eigenvalue weighted by Gasteiger charge is 2.48. The number of hydrogen-bond acceptors (Lipinski definition) is 2. The number of hydrogen-bond donors (Lipinski definition) is 0. The number of halogens is 1. The van der Waals surface area contributed by atoms with Crippen molar-refractivity contribution in [3.63, 3.8) is 0 Å². The molecule has 0 spiro atoms. The van der Waals surface area contributed by atoms with Crippen LogP contribution in [-0.4, -0.2) is 28.5 Å². The summed E-state index contributed by atoms with van der Waals surface area (Å²) in [4.78, 5) is 0. The molecule has 0 aromatic heterocycles. The minimum absolute atomic E-state index is 0.542. The van der Waals surface area contributed by atoms with Crippen LogP contribution in [0.25, 0.3) is 0 Å². The molecule has 3 heteroatoms. The molecule has 0 saturated carbocycles. The van der Waals surface area contributed by atoms with Crippen molar-refractivity contribution in [3.8, 4) is 0 Å². The number of hydrazine groups is 1. The Balaban J connectivity index is 2.04. The maximum absolute atomic E-state index is 13.8. The van der Waals surface area contributed by atoms with Crippen LogP contribution in [0.1, 0.15) is 39.5 Å². The highest BCUT2D eigenvalue weighted by atomic mass is 19.1. The van der Waals surface area contributed by atoms with Gasteiger partial charge in [0.1, 0.15) is 0 Å². The van der Waals surface area contributed by atoms with E-state index in [1.54, 1.807) is 6.92 Å². The highest BCUT2D eigenvalue weighted by Crippen LogP contribution is 2.38. The van der Waals surface area contributed by atoms with E-state index in [2.05, 4.69) is 11.9 Å². The molecule has 0 aliphatic carbocycles. The summed E-state index contributed by atoms with van der Waals surface area (Å²) in [5.74, 6) is -1.07. The molecule has 4 atom stereocenters. The maximum atomic E-state index is 13.8. The van der Waals surface area contributed by atoms with Gasteiger partial charge in [0.2, 0.25) is 0 Å². The van der Waals surface area contributed by atoms with Crippen LogP contribution in [0.4, 0.5) is 4.39 Å². The van der Waals surface area contributed by atoms with Crippen LogP contribution in [0.3, 0.4) is 0 Å². The minimum Gasteiger partial charge on any atom is -0.225 e. The van der Waals surface area contributed by atoms with Crippen LogP contribution in [0.2, 0.25) is 0 Å². The maximum Gasteiger partial charge on any atom is 0.174 e. The van der Waals surface area contributed by atoms with E-state index in [4.69, 9.17) is 0 Å². The van der Waals surface area contributed by atoms with E-state index in [1.807, 2.05) is 5.01 Å². The van der Waals surface area contributed by atoms with Crippen molar-refractivity contribution < 1.29 is 4.39 Å². The third-order valence-electron chi connectivity index (χ3n) is 3.06. The monoisotopic (exact) mass is 172 g/mol. The van der Waals surface area contributed by atoms with E-state index in [1.165, 1.54) is 12.8 Å². The Hall–Kier alpha value is -0.150. The Morgan fingerprint density at radius 2 is 2.17 bits per heavy atom. The number of nitrogens with zero attached hydrogens (tertiary/aromatic N) is 2. The van der Waals surface area contributed by atoms with Gasteiger partial charge in [-0.15, -0.1) is 0 Å². The molecule has 0 aromatic rings. The van der Waals surface area contributed by atoms with Gasteiger partial charge in [-0.05, 0) is 33.1 Å². The van der Waals surface area contributed by atoms with E-state index >= 15 is 0 Å². The first-order valence-corrected chi connectivity index (χ1v) is 4.84. The van der Waals surface area contributed by atoms with Gasteiger partial charge in [-0.2, -0.15) is 5.01 Å². The molecule has 70 valence electrons. The standard InChI is InChI=1S/C9H17FN2/c1-8-5-3-4-6-9(2,10)12-7-11(8)12/h8H,3-7H2,1-2H3. The predicted octanol–water partition coefficient (Wildman–Crippen LogP) is 2.12. The minimum atomic E-state index is -1.07. The molecular weight excluding hydrogens is 155 g/mol. The Labute approximate surface area is 73.3 Å². The molecule has 0 bridgehead atoms. The fraction of sp³-hybridized carbons (Fsp3) is 1.00. The largest absolute Gasteiger partial charge is 0.225 e. The topological polar surface area (TPSA) is 6.02 Å². The molecule has 4 unspecified atom stereocenters. The van der Waals surface area contributed by atoms with Crippen LogP contribution in [0, 0.1) is 0 Å². The summed E-state index contributed by atoms with van der Waals surface area (Å²) in [6, 6.07) is 0.542. The summed E-state index contributed by atoms with van der Waals surface area (Å²) >= 11 is 0. The summed E-state index contributed by atoms with van der Waals surface area (Å²) in [5, 5.41) is 4.00. The van der Waals surface area contributed by atoms with Gasteiger partial charge < -0.3 is 0 Å². The normalized spacial score (nSPS) is 53.8. The van der Waals surface area contributed by atoms with E-state index in [-0.39, 0.29) is 0 Å². The zero-order valence-electron chi connectivity index (χ0n) is 7.89. The Kier molecular flexibility index (Phi) is 1.88. The lowest BCUT2D eigenvalue weighted by molar-refractivity contribution is -0.0152. The van der Waals surface area contributed by atoms with Crippen LogP contribution < -0.4 is 0 Å². The summed E-state index contributed by atoms with van der Waals surface area (Å²) in [6.45, 7) is 4.71. The average molecular weight is 172 g/mol. The lowest BCUT2D eigenvalue weighted by Gasteiger charge is -2.27. The van der Waals surface area contributed by atoms with E-state index in [0.29, 0.717) is 12.5 Å². The van der Waals surface area contributed by atoms with Crippen molar-refractivity contribution in [3.05, 3.63) is 0 Å². The molecule has 2 aliphatic rings. The quantitative estimate of drug-likeness (QED) is 0.408. The lowest BCUT2D eigenvalue weighted by atomic mass is 10.0. The van der Waals surface area contributed by atoms with Gasteiger partial charge in [0, 0.05) is 6.04 Å². The molecule has 12 heavy (non-hydrogen) atoms. The smallest absolute Gasteiger partial charge is 0.174 e. The third kappa shape index (κ3) is 1.36. The first-order chi connectivity index (χ1) is 5.61.